The number of hydrogen-bond acceptors (Lipinski definition) is 6. The highest BCUT2D eigenvalue weighted by Gasteiger charge is 2.26. The van der Waals surface area contributed by atoms with Gasteiger partial charge in [-0.1, -0.05) is 6.07 Å². The summed E-state index contributed by atoms with van der Waals surface area (Å²) < 4.78 is 37.5. The van der Waals surface area contributed by atoms with E-state index in [0.29, 0.717) is 23.3 Å². The largest absolute Gasteiger partial charge is 0.493 e. The lowest BCUT2D eigenvalue weighted by molar-refractivity contribution is -0.137. The molecule has 0 spiro atoms. The van der Waals surface area contributed by atoms with Crippen LogP contribution in [-0.2, 0) is 14.8 Å². The molecule has 0 radical (unpaired) electrons. The number of carboxylic acid groups (broad SMARTS) is 1. The molecule has 2 rings (SSSR count). The van der Waals surface area contributed by atoms with Crippen LogP contribution in [0.4, 0.5) is 0 Å². The van der Waals surface area contributed by atoms with Crippen molar-refractivity contribution in [2.24, 2.45) is 0 Å². The average molecular weight is 414 g/mol. The fourth-order valence-corrected chi connectivity index (χ4v) is 4.56. The molecule has 0 saturated carbocycles. The molecule has 1 N–H and O–H groups in total. The van der Waals surface area contributed by atoms with E-state index in [1.54, 1.807) is 30.0 Å². The number of aliphatic carboxylic acids is 1. The van der Waals surface area contributed by atoms with E-state index in [4.69, 9.17) is 14.6 Å². The molecule has 2 aromatic rings. The van der Waals surface area contributed by atoms with Gasteiger partial charge in [0.2, 0.25) is 10.0 Å². The molecule has 0 amide bonds. The molecule has 0 unspecified atom stereocenters. The number of ether oxygens (including phenoxy) is 2. The number of nitrogens with zero attached hydrogens (tertiary/aromatic N) is 1. The van der Waals surface area contributed by atoms with Crippen LogP contribution in [0, 0.1) is 0 Å². The Labute approximate surface area is 163 Å². The number of benzene rings is 2. The number of thioether (sulfide) groups is 1. The first kappa shape index (κ1) is 21.3. The fourth-order valence-electron chi connectivity index (χ4n) is 2.68. The van der Waals surface area contributed by atoms with Gasteiger partial charge in [0.1, 0.15) is 6.54 Å². The molecule has 0 aliphatic rings. The standard InChI is InChI=1S/C18H23NO6S2/c1-24-16-10-13-5-6-15(9-14(13)11-17(16)25-2)27(22,23)19(12-18(20)21)7-4-8-26-3/h5-6,9-11H,4,7-8,12H2,1-3H3,(H,20,21). The van der Waals surface area contributed by atoms with Crippen LogP contribution in [0.5, 0.6) is 11.5 Å². The lowest BCUT2D eigenvalue weighted by Crippen LogP contribution is -2.36. The van der Waals surface area contributed by atoms with E-state index < -0.39 is 22.5 Å². The van der Waals surface area contributed by atoms with Crippen LogP contribution in [0.15, 0.2) is 35.2 Å². The number of carboxylic acids is 1. The second-order valence-corrected chi connectivity index (χ2v) is 8.72. The summed E-state index contributed by atoms with van der Waals surface area (Å²) in [5.41, 5.74) is 0. The van der Waals surface area contributed by atoms with Crippen molar-refractivity contribution in [3.05, 3.63) is 30.3 Å². The Morgan fingerprint density at radius 3 is 2.30 bits per heavy atom. The Morgan fingerprint density at radius 1 is 1.11 bits per heavy atom. The van der Waals surface area contributed by atoms with Gasteiger partial charge in [0.05, 0.1) is 19.1 Å². The van der Waals surface area contributed by atoms with Gasteiger partial charge in [-0.2, -0.15) is 16.1 Å². The Balaban J connectivity index is 2.45. The molecule has 7 nitrogen and oxygen atoms in total. The van der Waals surface area contributed by atoms with E-state index >= 15 is 0 Å². The summed E-state index contributed by atoms with van der Waals surface area (Å²) in [5.74, 6) is 0.599. The molecular formula is C18H23NO6S2. The topological polar surface area (TPSA) is 93.1 Å². The predicted octanol–water partition coefficient (Wildman–Crippen LogP) is 2.69. The van der Waals surface area contributed by atoms with Gasteiger partial charge in [-0.3, -0.25) is 4.79 Å². The number of sulfonamides is 1. The summed E-state index contributed by atoms with van der Waals surface area (Å²) in [7, 11) is -0.899. The number of methoxy groups -OCH3 is 2. The Morgan fingerprint density at radius 2 is 1.74 bits per heavy atom. The van der Waals surface area contributed by atoms with Gasteiger partial charge in [-0.05, 0) is 53.5 Å². The predicted molar refractivity (Wildman–Crippen MR) is 106 cm³/mol. The van der Waals surface area contributed by atoms with Crippen molar-refractivity contribution in [3.63, 3.8) is 0 Å². The number of rotatable bonds is 10. The molecular weight excluding hydrogens is 390 g/mol. The molecule has 0 fully saturated rings. The molecule has 9 heteroatoms. The Bertz CT molecular complexity index is 913. The molecule has 27 heavy (non-hydrogen) atoms. The van der Waals surface area contributed by atoms with Crippen molar-refractivity contribution in [2.75, 3.05) is 39.3 Å². The summed E-state index contributed by atoms with van der Waals surface area (Å²) in [6, 6.07) is 8.13. The molecule has 0 aliphatic heterocycles. The fraction of sp³-hybridized carbons (Fsp3) is 0.389. The van der Waals surface area contributed by atoms with Crippen LogP contribution in [0.3, 0.4) is 0 Å². The molecule has 2 aromatic carbocycles. The van der Waals surface area contributed by atoms with Crippen molar-refractivity contribution >= 4 is 38.5 Å². The first-order valence-electron chi connectivity index (χ1n) is 8.20. The molecule has 0 atom stereocenters. The van der Waals surface area contributed by atoms with Gasteiger partial charge in [-0.15, -0.1) is 0 Å². The minimum atomic E-state index is -3.93. The zero-order valence-electron chi connectivity index (χ0n) is 15.5. The van der Waals surface area contributed by atoms with Crippen LogP contribution >= 0.6 is 11.8 Å². The van der Waals surface area contributed by atoms with Crippen molar-refractivity contribution in [2.45, 2.75) is 11.3 Å². The van der Waals surface area contributed by atoms with Gasteiger partial charge in [0.15, 0.2) is 11.5 Å². The normalized spacial score (nSPS) is 11.7. The van der Waals surface area contributed by atoms with Crippen molar-refractivity contribution in [1.82, 2.24) is 4.31 Å². The van der Waals surface area contributed by atoms with E-state index in [1.807, 2.05) is 6.26 Å². The number of carbonyl (C=O) groups is 1. The molecule has 148 valence electrons. The third-order valence-electron chi connectivity index (χ3n) is 4.02. The average Bonchev–Trinajstić information content (AvgIpc) is 2.65. The molecule has 0 saturated heterocycles. The van der Waals surface area contributed by atoms with Gasteiger partial charge in [-0.25, -0.2) is 8.42 Å². The smallest absolute Gasteiger partial charge is 0.318 e. The summed E-state index contributed by atoms with van der Waals surface area (Å²) >= 11 is 1.58. The second kappa shape index (κ2) is 9.29. The maximum Gasteiger partial charge on any atom is 0.318 e. The van der Waals surface area contributed by atoms with Crippen LogP contribution in [-0.4, -0.2) is 63.1 Å². The summed E-state index contributed by atoms with van der Waals surface area (Å²) in [5, 5.41) is 10.6. The van der Waals surface area contributed by atoms with E-state index in [0.717, 1.165) is 15.4 Å². The van der Waals surface area contributed by atoms with E-state index in [2.05, 4.69) is 0 Å². The lowest BCUT2D eigenvalue weighted by atomic mass is 10.1. The number of hydrogen-bond donors (Lipinski definition) is 1. The summed E-state index contributed by atoms with van der Waals surface area (Å²) in [4.78, 5) is 11.2. The molecule has 0 aliphatic carbocycles. The zero-order valence-corrected chi connectivity index (χ0v) is 17.1. The first-order chi connectivity index (χ1) is 12.8. The van der Waals surface area contributed by atoms with Gasteiger partial charge >= 0.3 is 5.97 Å². The minimum Gasteiger partial charge on any atom is -0.493 e. The maximum absolute atomic E-state index is 13.0. The number of fused-ring (bicyclic) bond motifs is 1. The maximum atomic E-state index is 13.0. The van der Waals surface area contributed by atoms with Crippen LogP contribution in [0.25, 0.3) is 10.8 Å². The zero-order chi connectivity index (χ0) is 20.0. The van der Waals surface area contributed by atoms with Crippen molar-refractivity contribution in [3.8, 4) is 11.5 Å². The van der Waals surface area contributed by atoms with E-state index in [-0.39, 0.29) is 11.4 Å². The molecule has 0 aromatic heterocycles. The Kier molecular flexibility index (Phi) is 7.34. The van der Waals surface area contributed by atoms with Crippen LogP contribution < -0.4 is 9.47 Å². The van der Waals surface area contributed by atoms with Gasteiger partial charge in [0.25, 0.3) is 0 Å². The molecule has 0 bridgehead atoms. The molecule has 0 heterocycles. The van der Waals surface area contributed by atoms with E-state index in [1.165, 1.54) is 26.4 Å². The Hall–Kier alpha value is -1.97. The monoisotopic (exact) mass is 413 g/mol. The summed E-state index contributed by atoms with van der Waals surface area (Å²) in [6.07, 6.45) is 2.49. The van der Waals surface area contributed by atoms with Gasteiger partial charge in [0, 0.05) is 6.54 Å². The summed E-state index contributed by atoms with van der Waals surface area (Å²) in [6.45, 7) is -0.417. The third kappa shape index (κ3) is 5.06. The van der Waals surface area contributed by atoms with Gasteiger partial charge < -0.3 is 14.6 Å². The minimum absolute atomic E-state index is 0.0487. The highest BCUT2D eigenvalue weighted by Crippen LogP contribution is 2.33. The SMILES string of the molecule is COc1cc2ccc(S(=O)(=O)N(CCCSC)CC(=O)O)cc2cc1OC. The second-order valence-electron chi connectivity index (χ2n) is 5.79. The van der Waals surface area contributed by atoms with Crippen molar-refractivity contribution < 1.29 is 27.8 Å². The quantitative estimate of drug-likeness (QED) is 0.599. The van der Waals surface area contributed by atoms with Crippen LogP contribution in [0.2, 0.25) is 0 Å². The lowest BCUT2D eigenvalue weighted by Gasteiger charge is -2.20. The van der Waals surface area contributed by atoms with Crippen molar-refractivity contribution in [1.29, 1.82) is 0 Å². The highest BCUT2D eigenvalue weighted by atomic mass is 32.2. The van der Waals surface area contributed by atoms with E-state index in [9.17, 15) is 13.2 Å². The third-order valence-corrected chi connectivity index (χ3v) is 6.56. The first-order valence-corrected chi connectivity index (χ1v) is 11.0. The highest BCUT2D eigenvalue weighted by molar-refractivity contribution is 7.98. The van der Waals surface area contributed by atoms with Crippen LogP contribution in [0.1, 0.15) is 6.42 Å².